The first kappa shape index (κ1) is 23.2. The Morgan fingerprint density at radius 2 is 1.68 bits per heavy atom. The zero-order valence-corrected chi connectivity index (χ0v) is 18.3. The molecule has 1 aromatic rings. The number of ether oxygens (including phenoxy) is 3. The molecule has 2 unspecified atom stereocenters. The minimum absolute atomic E-state index is 0.507. The van der Waals surface area contributed by atoms with Gasteiger partial charge in [-0.3, -0.25) is 4.90 Å². The molecule has 2 rings (SSSR count). The Morgan fingerprint density at radius 3 is 2.39 bits per heavy atom. The van der Waals surface area contributed by atoms with Crippen LogP contribution in [-0.4, -0.2) is 52.0 Å². The fraction of sp³-hybridized carbons (Fsp3) is 0.750. The maximum absolute atomic E-state index is 5.74. The molecule has 0 aliphatic carbocycles. The van der Waals surface area contributed by atoms with E-state index in [-0.39, 0.29) is 0 Å². The highest BCUT2D eigenvalue weighted by atomic mass is 16.5. The van der Waals surface area contributed by atoms with Crippen LogP contribution >= 0.6 is 0 Å². The SMILES string of the molecule is CCCCCCCCC1CCN(CCOCCOC)C1c1ccc(OC)cc1. The number of likely N-dealkylation sites (tertiary alicyclic amines) is 1. The summed E-state index contributed by atoms with van der Waals surface area (Å²) in [6.45, 7) is 6.57. The molecule has 1 aliphatic heterocycles. The van der Waals surface area contributed by atoms with Crippen LogP contribution in [0.2, 0.25) is 0 Å². The summed E-state index contributed by atoms with van der Waals surface area (Å²) in [4.78, 5) is 2.62. The standard InChI is InChI=1S/C24H41NO3/c1-4-5-6-7-8-9-10-21-15-16-25(17-18-28-20-19-26-2)24(21)22-11-13-23(27-3)14-12-22/h11-14,21,24H,4-10,15-20H2,1-3H3. The van der Waals surface area contributed by atoms with E-state index in [9.17, 15) is 0 Å². The largest absolute Gasteiger partial charge is 0.497 e. The second-order valence-electron chi connectivity index (χ2n) is 7.96. The number of hydrogen-bond acceptors (Lipinski definition) is 4. The van der Waals surface area contributed by atoms with Gasteiger partial charge in [-0.05, 0) is 43.0 Å². The van der Waals surface area contributed by atoms with Gasteiger partial charge in [-0.15, -0.1) is 0 Å². The zero-order valence-electron chi connectivity index (χ0n) is 18.3. The first-order valence-corrected chi connectivity index (χ1v) is 11.2. The first-order chi connectivity index (χ1) is 13.8. The Labute approximate surface area is 172 Å². The van der Waals surface area contributed by atoms with Crippen LogP contribution in [0, 0.1) is 5.92 Å². The maximum atomic E-state index is 5.74. The molecule has 2 atom stereocenters. The average molecular weight is 392 g/mol. The van der Waals surface area contributed by atoms with Crippen molar-refractivity contribution in [2.75, 3.05) is 47.1 Å². The van der Waals surface area contributed by atoms with E-state index >= 15 is 0 Å². The van der Waals surface area contributed by atoms with E-state index in [1.54, 1.807) is 14.2 Å². The van der Waals surface area contributed by atoms with Crippen LogP contribution in [0.4, 0.5) is 0 Å². The van der Waals surface area contributed by atoms with Crippen molar-refractivity contribution in [1.29, 1.82) is 0 Å². The second-order valence-corrected chi connectivity index (χ2v) is 7.96. The molecule has 1 heterocycles. The Morgan fingerprint density at radius 1 is 0.929 bits per heavy atom. The van der Waals surface area contributed by atoms with Crippen molar-refractivity contribution in [3.05, 3.63) is 29.8 Å². The number of nitrogens with zero attached hydrogens (tertiary/aromatic N) is 1. The van der Waals surface area contributed by atoms with Gasteiger partial charge in [0, 0.05) is 19.7 Å². The van der Waals surface area contributed by atoms with Crippen LogP contribution in [0.3, 0.4) is 0 Å². The summed E-state index contributed by atoms with van der Waals surface area (Å²) in [7, 11) is 3.45. The van der Waals surface area contributed by atoms with Gasteiger partial charge in [0.1, 0.15) is 5.75 Å². The summed E-state index contributed by atoms with van der Waals surface area (Å²) in [5, 5.41) is 0. The molecule has 0 spiro atoms. The van der Waals surface area contributed by atoms with Crippen LogP contribution in [0.15, 0.2) is 24.3 Å². The monoisotopic (exact) mass is 391 g/mol. The van der Waals surface area contributed by atoms with Crippen molar-refractivity contribution >= 4 is 0 Å². The fourth-order valence-corrected chi connectivity index (χ4v) is 4.38. The van der Waals surface area contributed by atoms with Gasteiger partial charge in [0.2, 0.25) is 0 Å². The highest BCUT2D eigenvalue weighted by Gasteiger charge is 2.34. The molecule has 4 nitrogen and oxygen atoms in total. The number of benzene rings is 1. The van der Waals surface area contributed by atoms with Gasteiger partial charge >= 0.3 is 0 Å². The molecule has 1 saturated heterocycles. The lowest BCUT2D eigenvalue weighted by molar-refractivity contribution is 0.0532. The lowest BCUT2D eigenvalue weighted by Crippen LogP contribution is -2.29. The van der Waals surface area contributed by atoms with Gasteiger partial charge in [0.15, 0.2) is 0 Å². The minimum atomic E-state index is 0.507. The molecule has 1 fully saturated rings. The van der Waals surface area contributed by atoms with Crippen molar-refractivity contribution in [1.82, 2.24) is 4.90 Å². The summed E-state index contributed by atoms with van der Waals surface area (Å²) >= 11 is 0. The summed E-state index contributed by atoms with van der Waals surface area (Å²) in [5.74, 6) is 1.68. The van der Waals surface area contributed by atoms with E-state index in [2.05, 4.69) is 36.1 Å². The van der Waals surface area contributed by atoms with E-state index in [0.29, 0.717) is 19.3 Å². The Kier molecular flexibility index (Phi) is 11.6. The number of methoxy groups -OCH3 is 2. The molecule has 0 saturated carbocycles. The van der Waals surface area contributed by atoms with Crippen LogP contribution < -0.4 is 4.74 Å². The van der Waals surface area contributed by atoms with Gasteiger partial charge in [-0.1, -0.05) is 57.6 Å². The van der Waals surface area contributed by atoms with Gasteiger partial charge in [-0.25, -0.2) is 0 Å². The first-order valence-electron chi connectivity index (χ1n) is 11.2. The third-order valence-electron chi connectivity index (χ3n) is 5.97. The Hall–Kier alpha value is -1.10. The molecule has 4 heteroatoms. The molecule has 0 radical (unpaired) electrons. The molecule has 160 valence electrons. The van der Waals surface area contributed by atoms with Crippen molar-refractivity contribution in [3.8, 4) is 5.75 Å². The molecule has 0 N–H and O–H groups in total. The zero-order chi connectivity index (χ0) is 20.0. The lowest BCUT2D eigenvalue weighted by atomic mass is 9.89. The molecule has 1 aliphatic rings. The Balaban J connectivity index is 1.90. The fourth-order valence-electron chi connectivity index (χ4n) is 4.38. The normalized spacial score (nSPS) is 20.0. The number of hydrogen-bond donors (Lipinski definition) is 0. The van der Waals surface area contributed by atoms with E-state index < -0.39 is 0 Å². The molecule has 28 heavy (non-hydrogen) atoms. The number of unbranched alkanes of at least 4 members (excludes halogenated alkanes) is 5. The van der Waals surface area contributed by atoms with Crippen LogP contribution in [0.25, 0.3) is 0 Å². The predicted molar refractivity (Wildman–Crippen MR) is 116 cm³/mol. The second kappa shape index (κ2) is 14.0. The summed E-state index contributed by atoms with van der Waals surface area (Å²) in [5.41, 5.74) is 1.42. The third kappa shape index (κ3) is 7.73. The summed E-state index contributed by atoms with van der Waals surface area (Å²) < 4.78 is 16.2. The van der Waals surface area contributed by atoms with Gasteiger partial charge in [-0.2, -0.15) is 0 Å². The van der Waals surface area contributed by atoms with Gasteiger partial charge in [0.25, 0.3) is 0 Å². The highest BCUT2D eigenvalue weighted by molar-refractivity contribution is 5.30. The van der Waals surface area contributed by atoms with Crippen LogP contribution in [-0.2, 0) is 9.47 Å². The topological polar surface area (TPSA) is 30.9 Å². The van der Waals surface area contributed by atoms with E-state index in [0.717, 1.165) is 24.8 Å². The molecule has 0 aromatic heterocycles. The van der Waals surface area contributed by atoms with E-state index in [4.69, 9.17) is 14.2 Å². The molecule has 0 amide bonds. The molecule has 1 aromatic carbocycles. The summed E-state index contributed by atoms with van der Waals surface area (Å²) in [6.07, 6.45) is 10.9. The molecular formula is C24H41NO3. The highest BCUT2D eigenvalue weighted by Crippen LogP contribution is 2.40. The van der Waals surface area contributed by atoms with Crippen molar-refractivity contribution < 1.29 is 14.2 Å². The van der Waals surface area contributed by atoms with Crippen molar-refractivity contribution in [2.24, 2.45) is 5.92 Å². The summed E-state index contributed by atoms with van der Waals surface area (Å²) in [6, 6.07) is 9.21. The molecular weight excluding hydrogens is 350 g/mol. The molecule has 0 bridgehead atoms. The third-order valence-corrected chi connectivity index (χ3v) is 5.97. The smallest absolute Gasteiger partial charge is 0.118 e. The van der Waals surface area contributed by atoms with E-state index in [1.807, 2.05) is 0 Å². The quantitative estimate of drug-likeness (QED) is 0.371. The average Bonchev–Trinajstić information content (AvgIpc) is 3.13. The number of rotatable bonds is 15. The van der Waals surface area contributed by atoms with Crippen LogP contribution in [0.1, 0.15) is 69.9 Å². The van der Waals surface area contributed by atoms with Gasteiger partial charge < -0.3 is 14.2 Å². The van der Waals surface area contributed by atoms with Crippen molar-refractivity contribution in [2.45, 2.75) is 64.3 Å². The maximum Gasteiger partial charge on any atom is 0.118 e. The minimum Gasteiger partial charge on any atom is -0.497 e. The van der Waals surface area contributed by atoms with Crippen molar-refractivity contribution in [3.63, 3.8) is 0 Å². The Bertz CT molecular complexity index is 505. The van der Waals surface area contributed by atoms with E-state index in [1.165, 1.54) is 63.5 Å². The lowest BCUT2D eigenvalue weighted by Gasteiger charge is -2.29. The van der Waals surface area contributed by atoms with Gasteiger partial charge in [0.05, 0.1) is 26.9 Å². The van der Waals surface area contributed by atoms with Crippen LogP contribution in [0.5, 0.6) is 5.75 Å². The predicted octanol–water partition coefficient (Wildman–Crippen LogP) is 5.47.